The Morgan fingerprint density at radius 1 is 1.15 bits per heavy atom. The van der Waals surface area contributed by atoms with Crippen LogP contribution in [-0.4, -0.2) is 74.6 Å². The van der Waals surface area contributed by atoms with Crippen LogP contribution < -0.4 is 15.8 Å². The fourth-order valence-corrected chi connectivity index (χ4v) is 4.73. The van der Waals surface area contributed by atoms with Crippen LogP contribution in [0.25, 0.3) is 21.8 Å². The highest BCUT2D eigenvalue weighted by Gasteiger charge is 2.29. The predicted octanol–water partition coefficient (Wildman–Crippen LogP) is 3.22. The fraction of sp³-hybridized carbons (Fsp3) is 0.259. The van der Waals surface area contributed by atoms with Crippen molar-refractivity contribution >= 4 is 51.2 Å². The van der Waals surface area contributed by atoms with Crippen LogP contribution in [0.4, 0.5) is 16.3 Å². The minimum Gasteiger partial charge on any atom is -0.410 e. The summed E-state index contributed by atoms with van der Waals surface area (Å²) in [5, 5.41) is 9.21. The summed E-state index contributed by atoms with van der Waals surface area (Å²) in [5.41, 5.74) is 7.18. The predicted molar refractivity (Wildman–Crippen MR) is 146 cm³/mol. The first-order valence-corrected chi connectivity index (χ1v) is 12.4. The SMILES string of the molecule is C=CC(=O)N1CCCC(n2nc(C(=O)Nc3ccc(OC(=O)N(C)C)c4ccccc34)c3c(N)ncnc32)C1. The van der Waals surface area contributed by atoms with Crippen LogP contribution in [-0.2, 0) is 4.79 Å². The first-order chi connectivity index (χ1) is 18.8. The lowest BCUT2D eigenvalue weighted by Crippen LogP contribution is -2.40. The van der Waals surface area contributed by atoms with E-state index in [1.807, 2.05) is 18.2 Å². The highest BCUT2D eigenvalue weighted by molar-refractivity contribution is 6.15. The van der Waals surface area contributed by atoms with Crippen molar-refractivity contribution in [2.75, 3.05) is 38.2 Å². The Hall–Kier alpha value is -5.00. The Morgan fingerprint density at radius 3 is 2.67 bits per heavy atom. The third-order valence-corrected chi connectivity index (χ3v) is 6.66. The van der Waals surface area contributed by atoms with Gasteiger partial charge in [-0.25, -0.2) is 19.4 Å². The van der Waals surface area contributed by atoms with Crippen LogP contribution in [0.2, 0.25) is 0 Å². The molecule has 1 atom stereocenters. The number of carbonyl (C=O) groups is 3. The molecule has 12 heteroatoms. The molecule has 0 radical (unpaired) electrons. The molecule has 0 aliphatic carbocycles. The van der Waals surface area contributed by atoms with Gasteiger partial charge in [-0.3, -0.25) is 9.59 Å². The zero-order chi connectivity index (χ0) is 27.7. The molecule has 0 saturated carbocycles. The number of fused-ring (bicyclic) bond motifs is 2. The molecule has 1 aliphatic heterocycles. The molecule has 39 heavy (non-hydrogen) atoms. The third kappa shape index (κ3) is 4.83. The molecule has 5 rings (SSSR count). The number of hydrogen-bond acceptors (Lipinski definition) is 8. The van der Waals surface area contributed by atoms with E-state index in [-0.39, 0.29) is 23.5 Å². The average Bonchev–Trinajstić information content (AvgIpc) is 3.35. The van der Waals surface area contributed by atoms with Gasteiger partial charge in [0.05, 0.1) is 11.4 Å². The second-order valence-electron chi connectivity index (χ2n) is 9.41. The number of carbonyl (C=O) groups excluding carboxylic acids is 3. The molecule has 2 aromatic carbocycles. The Bertz CT molecular complexity index is 1610. The number of nitrogens with one attached hydrogen (secondary N) is 1. The molecule has 1 unspecified atom stereocenters. The van der Waals surface area contributed by atoms with Crippen molar-refractivity contribution in [1.82, 2.24) is 29.5 Å². The van der Waals surface area contributed by atoms with Gasteiger partial charge in [0.25, 0.3) is 5.91 Å². The molecule has 1 saturated heterocycles. The standard InChI is InChI=1S/C27H28N8O4/c1-4-21(36)34-13-7-8-16(14-34)35-25-22(24(28)29-15-30-25)23(32-35)26(37)31-19-11-12-20(39-27(38)33(2)3)18-10-6-5-9-17(18)19/h4-6,9-12,15-16H,1,7-8,13-14H2,2-3H3,(H,31,37)(H2,28,29,30). The lowest BCUT2D eigenvalue weighted by molar-refractivity contribution is -0.127. The minimum atomic E-state index is -0.513. The number of anilines is 2. The van der Waals surface area contributed by atoms with Gasteiger partial charge in [-0.05, 0) is 31.1 Å². The lowest BCUT2D eigenvalue weighted by Gasteiger charge is -2.32. The number of aromatic nitrogens is 4. The second kappa shape index (κ2) is 10.4. The average molecular weight is 529 g/mol. The Labute approximate surface area is 224 Å². The molecule has 1 aliphatic rings. The van der Waals surface area contributed by atoms with Crippen LogP contribution in [0.3, 0.4) is 0 Å². The van der Waals surface area contributed by atoms with E-state index in [0.29, 0.717) is 46.3 Å². The molecule has 3 amide bonds. The fourth-order valence-electron chi connectivity index (χ4n) is 4.73. The van der Waals surface area contributed by atoms with Gasteiger partial charge < -0.3 is 25.6 Å². The van der Waals surface area contributed by atoms with E-state index < -0.39 is 12.0 Å². The van der Waals surface area contributed by atoms with Crippen molar-refractivity contribution in [2.24, 2.45) is 0 Å². The second-order valence-corrected chi connectivity index (χ2v) is 9.41. The number of hydrogen-bond donors (Lipinski definition) is 2. The molecule has 2 aromatic heterocycles. The van der Waals surface area contributed by atoms with E-state index in [1.54, 1.807) is 41.9 Å². The number of nitrogen functional groups attached to an aromatic ring is 1. The van der Waals surface area contributed by atoms with Gasteiger partial charge in [0.1, 0.15) is 17.9 Å². The van der Waals surface area contributed by atoms with Gasteiger partial charge in [-0.2, -0.15) is 5.10 Å². The first-order valence-electron chi connectivity index (χ1n) is 12.4. The number of amides is 3. The van der Waals surface area contributed by atoms with Crippen molar-refractivity contribution in [3.05, 3.63) is 61.1 Å². The lowest BCUT2D eigenvalue weighted by atomic mass is 10.1. The van der Waals surface area contributed by atoms with E-state index in [0.717, 1.165) is 12.8 Å². The van der Waals surface area contributed by atoms with E-state index in [9.17, 15) is 14.4 Å². The Balaban J connectivity index is 1.51. The van der Waals surface area contributed by atoms with Crippen molar-refractivity contribution in [3.63, 3.8) is 0 Å². The maximum absolute atomic E-state index is 13.6. The van der Waals surface area contributed by atoms with Crippen LogP contribution in [0.1, 0.15) is 29.4 Å². The Morgan fingerprint density at radius 2 is 1.92 bits per heavy atom. The summed E-state index contributed by atoms with van der Waals surface area (Å²) in [6, 6.07) is 10.4. The number of nitrogens with two attached hydrogens (primary N) is 1. The maximum atomic E-state index is 13.6. The van der Waals surface area contributed by atoms with Crippen molar-refractivity contribution in [3.8, 4) is 5.75 Å². The van der Waals surface area contributed by atoms with E-state index in [2.05, 4.69) is 27.0 Å². The van der Waals surface area contributed by atoms with Crippen LogP contribution in [0, 0.1) is 0 Å². The molecule has 200 valence electrons. The molecule has 3 N–H and O–H groups in total. The summed E-state index contributed by atoms with van der Waals surface area (Å²) in [4.78, 5) is 49.5. The third-order valence-electron chi connectivity index (χ3n) is 6.66. The molecule has 0 bridgehead atoms. The molecule has 0 spiro atoms. The zero-order valence-corrected chi connectivity index (χ0v) is 21.6. The zero-order valence-electron chi connectivity index (χ0n) is 21.6. The van der Waals surface area contributed by atoms with Gasteiger partial charge in [-0.1, -0.05) is 30.8 Å². The first kappa shape index (κ1) is 25.6. The highest BCUT2D eigenvalue weighted by Crippen LogP contribution is 2.33. The van der Waals surface area contributed by atoms with Crippen molar-refractivity contribution < 1.29 is 19.1 Å². The van der Waals surface area contributed by atoms with Crippen LogP contribution >= 0.6 is 0 Å². The van der Waals surface area contributed by atoms with Gasteiger partial charge in [0, 0.05) is 43.6 Å². The van der Waals surface area contributed by atoms with E-state index >= 15 is 0 Å². The molecular weight excluding hydrogens is 500 g/mol. The van der Waals surface area contributed by atoms with Gasteiger partial charge in [-0.15, -0.1) is 0 Å². The van der Waals surface area contributed by atoms with E-state index in [1.165, 1.54) is 17.3 Å². The van der Waals surface area contributed by atoms with Crippen LogP contribution in [0.15, 0.2) is 55.4 Å². The molecule has 12 nitrogen and oxygen atoms in total. The summed E-state index contributed by atoms with van der Waals surface area (Å²) in [6.07, 6.45) is 3.62. The normalized spacial score (nSPS) is 15.2. The maximum Gasteiger partial charge on any atom is 0.414 e. The largest absolute Gasteiger partial charge is 0.414 e. The monoisotopic (exact) mass is 528 g/mol. The number of nitrogens with zero attached hydrogens (tertiary/aromatic N) is 6. The summed E-state index contributed by atoms with van der Waals surface area (Å²) in [5.74, 6) is -0.166. The number of benzene rings is 2. The molecule has 1 fully saturated rings. The van der Waals surface area contributed by atoms with E-state index in [4.69, 9.17) is 10.5 Å². The summed E-state index contributed by atoms with van der Waals surface area (Å²) in [6.45, 7) is 4.61. The Kier molecular flexibility index (Phi) is 6.84. The number of ether oxygens (including phenoxy) is 1. The number of piperidine rings is 1. The minimum absolute atomic E-state index is 0.0717. The quantitative estimate of drug-likeness (QED) is 0.375. The topological polar surface area (TPSA) is 149 Å². The van der Waals surface area contributed by atoms with Crippen molar-refractivity contribution in [1.29, 1.82) is 0 Å². The van der Waals surface area contributed by atoms with Gasteiger partial charge >= 0.3 is 6.09 Å². The molecule has 4 aromatic rings. The van der Waals surface area contributed by atoms with Gasteiger partial charge in [0.15, 0.2) is 11.3 Å². The number of likely N-dealkylation sites (tertiary alicyclic amines) is 1. The highest BCUT2D eigenvalue weighted by atomic mass is 16.6. The van der Waals surface area contributed by atoms with Gasteiger partial charge in [0.2, 0.25) is 5.91 Å². The smallest absolute Gasteiger partial charge is 0.410 e. The van der Waals surface area contributed by atoms with Crippen LogP contribution in [0.5, 0.6) is 5.75 Å². The summed E-state index contributed by atoms with van der Waals surface area (Å²) in [7, 11) is 3.19. The van der Waals surface area contributed by atoms with Crippen molar-refractivity contribution in [2.45, 2.75) is 18.9 Å². The molecular formula is C27H28N8O4. The molecule has 3 heterocycles. The number of rotatable bonds is 5. The summed E-state index contributed by atoms with van der Waals surface area (Å²) < 4.78 is 7.16. The summed E-state index contributed by atoms with van der Waals surface area (Å²) >= 11 is 0.